The predicted octanol–water partition coefficient (Wildman–Crippen LogP) is 3.25. The molecular formula is C15H16FN3O. The van der Waals surface area contributed by atoms with Crippen LogP contribution < -0.4 is 5.32 Å². The largest absolute Gasteiger partial charge is 0.381 e. The molecule has 2 heterocycles. The number of para-hydroxylation sites is 1. The van der Waals surface area contributed by atoms with Crippen LogP contribution >= 0.6 is 0 Å². The SMILES string of the molecule is Fc1c(Nc2ccccc2)ncnc1C1CCOCC1. The van der Waals surface area contributed by atoms with Crippen molar-refractivity contribution in [2.45, 2.75) is 18.8 Å². The van der Waals surface area contributed by atoms with Crippen LogP contribution in [0.1, 0.15) is 24.5 Å². The summed E-state index contributed by atoms with van der Waals surface area (Å²) in [6.45, 7) is 1.32. The number of nitrogens with one attached hydrogen (secondary N) is 1. The van der Waals surface area contributed by atoms with Crippen LogP contribution in [0, 0.1) is 5.82 Å². The Bertz CT molecular complexity index is 571. The molecule has 1 N–H and O–H groups in total. The van der Waals surface area contributed by atoms with Gasteiger partial charge in [0, 0.05) is 24.8 Å². The van der Waals surface area contributed by atoms with E-state index in [2.05, 4.69) is 15.3 Å². The van der Waals surface area contributed by atoms with Crippen molar-refractivity contribution in [2.24, 2.45) is 0 Å². The van der Waals surface area contributed by atoms with Gasteiger partial charge >= 0.3 is 0 Å². The summed E-state index contributed by atoms with van der Waals surface area (Å²) in [6, 6.07) is 9.43. The standard InChI is InChI=1S/C15H16FN3O/c16-13-14(11-6-8-20-9-7-11)17-10-18-15(13)19-12-4-2-1-3-5-12/h1-5,10-11H,6-9H2,(H,17,18,19). The lowest BCUT2D eigenvalue weighted by molar-refractivity contribution is 0.0837. The maximum Gasteiger partial charge on any atom is 0.187 e. The van der Waals surface area contributed by atoms with Crippen LogP contribution in [0.5, 0.6) is 0 Å². The number of rotatable bonds is 3. The summed E-state index contributed by atoms with van der Waals surface area (Å²) in [5.74, 6) is -0.0148. The second kappa shape index (κ2) is 5.96. The van der Waals surface area contributed by atoms with Crippen molar-refractivity contribution in [3.05, 3.63) is 48.2 Å². The van der Waals surface area contributed by atoms with Gasteiger partial charge in [-0.15, -0.1) is 0 Å². The van der Waals surface area contributed by atoms with Crippen molar-refractivity contribution in [1.82, 2.24) is 9.97 Å². The lowest BCUT2D eigenvalue weighted by Crippen LogP contribution is -2.17. The summed E-state index contributed by atoms with van der Waals surface area (Å²) in [5, 5.41) is 2.99. The molecule has 2 aromatic rings. The Morgan fingerprint density at radius 2 is 1.85 bits per heavy atom. The minimum Gasteiger partial charge on any atom is -0.381 e. The van der Waals surface area contributed by atoms with Crippen molar-refractivity contribution in [2.75, 3.05) is 18.5 Å². The highest BCUT2D eigenvalue weighted by atomic mass is 19.1. The van der Waals surface area contributed by atoms with Gasteiger partial charge in [0.25, 0.3) is 0 Å². The molecule has 0 amide bonds. The van der Waals surface area contributed by atoms with Gasteiger partial charge in [-0.3, -0.25) is 0 Å². The molecule has 1 aliphatic heterocycles. The van der Waals surface area contributed by atoms with E-state index in [4.69, 9.17) is 4.74 Å². The molecule has 1 aromatic heterocycles. The van der Waals surface area contributed by atoms with E-state index in [1.54, 1.807) is 0 Å². The smallest absolute Gasteiger partial charge is 0.187 e. The highest BCUT2D eigenvalue weighted by Gasteiger charge is 2.22. The Morgan fingerprint density at radius 3 is 2.60 bits per heavy atom. The fraction of sp³-hybridized carbons (Fsp3) is 0.333. The molecule has 5 heteroatoms. The summed E-state index contributed by atoms with van der Waals surface area (Å²) in [4.78, 5) is 8.12. The molecule has 0 aliphatic carbocycles. The summed E-state index contributed by atoms with van der Waals surface area (Å²) in [6.07, 6.45) is 3.02. The summed E-state index contributed by atoms with van der Waals surface area (Å²) in [7, 11) is 0. The maximum atomic E-state index is 14.5. The Morgan fingerprint density at radius 1 is 1.10 bits per heavy atom. The molecule has 0 bridgehead atoms. The van der Waals surface area contributed by atoms with Crippen LogP contribution in [0.4, 0.5) is 15.9 Å². The van der Waals surface area contributed by atoms with E-state index >= 15 is 0 Å². The number of hydrogen-bond acceptors (Lipinski definition) is 4. The number of halogens is 1. The molecule has 0 spiro atoms. The Balaban J connectivity index is 1.85. The summed E-state index contributed by atoms with van der Waals surface area (Å²) < 4.78 is 19.8. The molecule has 1 aliphatic rings. The molecule has 1 aromatic carbocycles. The summed E-state index contributed by atoms with van der Waals surface area (Å²) >= 11 is 0. The lowest BCUT2D eigenvalue weighted by atomic mass is 9.96. The van der Waals surface area contributed by atoms with Crippen molar-refractivity contribution in [1.29, 1.82) is 0 Å². The van der Waals surface area contributed by atoms with E-state index < -0.39 is 0 Å². The molecule has 20 heavy (non-hydrogen) atoms. The molecule has 4 nitrogen and oxygen atoms in total. The first kappa shape index (κ1) is 13.0. The second-order valence-corrected chi connectivity index (χ2v) is 4.80. The zero-order valence-corrected chi connectivity index (χ0v) is 11.1. The number of benzene rings is 1. The van der Waals surface area contributed by atoms with E-state index in [1.807, 2.05) is 30.3 Å². The average Bonchev–Trinajstić information content (AvgIpc) is 2.51. The van der Waals surface area contributed by atoms with Crippen LogP contribution in [-0.4, -0.2) is 23.2 Å². The van der Waals surface area contributed by atoms with Crippen LogP contribution in [0.15, 0.2) is 36.7 Å². The minimum atomic E-state index is -0.358. The van der Waals surface area contributed by atoms with Crippen molar-refractivity contribution in [3.63, 3.8) is 0 Å². The topological polar surface area (TPSA) is 47.0 Å². The van der Waals surface area contributed by atoms with Gasteiger partial charge in [-0.05, 0) is 25.0 Å². The minimum absolute atomic E-state index is 0.114. The first-order valence-electron chi connectivity index (χ1n) is 6.75. The van der Waals surface area contributed by atoms with Crippen LogP contribution in [-0.2, 0) is 4.74 Å². The third-order valence-electron chi connectivity index (χ3n) is 3.46. The van der Waals surface area contributed by atoms with Gasteiger partial charge in [-0.1, -0.05) is 18.2 Å². The normalized spacial score (nSPS) is 16.1. The zero-order valence-electron chi connectivity index (χ0n) is 11.1. The monoisotopic (exact) mass is 273 g/mol. The molecule has 1 saturated heterocycles. The van der Waals surface area contributed by atoms with Crippen molar-refractivity contribution >= 4 is 11.5 Å². The van der Waals surface area contributed by atoms with Crippen LogP contribution in [0.25, 0.3) is 0 Å². The number of aromatic nitrogens is 2. The van der Waals surface area contributed by atoms with E-state index in [9.17, 15) is 4.39 Å². The number of hydrogen-bond donors (Lipinski definition) is 1. The number of ether oxygens (including phenoxy) is 1. The molecule has 104 valence electrons. The van der Waals surface area contributed by atoms with E-state index in [0.717, 1.165) is 18.5 Å². The molecule has 0 saturated carbocycles. The molecular weight excluding hydrogens is 257 g/mol. The van der Waals surface area contributed by atoms with E-state index in [0.29, 0.717) is 18.9 Å². The third kappa shape index (κ3) is 2.77. The van der Waals surface area contributed by atoms with Gasteiger partial charge in [-0.25, -0.2) is 14.4 Å². The Hall–Kier alpha value is -2.01. The molecule has 1 fully saturated rings. The van der Waals surface area contributed by atoms with Gasteiger partial charge in [-0.2, -0.15) is 0 Å². The fourth-order valence-corrected chi connectivity index (χ4v) is 2.38. The Labute approximate surface area is 117 Å². The first-order chi connectivity index (χ1) is 9.84. The quantitative estimate of drug-likeness (QED) is 0.932. The third-order valence-corrected chi connectivity index (χ3v) is 3.46. The van der Waals surface area contributed by atoms with E-state index in [1.165, 1.54) is 6.33 Å². The first-order valence-corrected chi connectivity index (χ1v) is 6.75. The average molecular weight is 273 g/mol. The fourth-order valence-electron chi connectivity index (χ4n) is 2.38. The molecule has 0 unspecified atom stereocenters. The van der Waals surface area contributed by atoms with E-state index in [-0.39, 0.29) is 17.6 Å². The molecule has 0 atom stereocenters. The number of anilines is 2. The van der Waals surface area contributed by atoms with Gasteiger partial charge in [0.15, 0.2) is 11.6 Å². The van der Waals surface area contributed by atoms with Gasteiger partial charge in [0.2, 0.25) is 0 Å². The second-order valence-electron chi connectivity index (χ2n) is 4.80. The van der Waals surface area contributed by atoms with Crippen molar-refractivity contribution in [3.8, 4) is 0 Å². The van der Waals surface area contributed by atoms with Gasteiger partial charge < -0.3 is 10.1 Å². The van der Waals surface area contributed by atoms with Crippen LogP contribution in [0.2, 0.25) is 0 Å². The molecule has 3 rings (SSSR count). The van der Waals surface area contributed by atoms with Gasteiger partial charge in [0.05, 0.1) is 5.69 Å². The van der Waals surface area contributed by atoms with Crippen LogP contribution in [0.3, 0.4) is 0 Å². The highest BCUT2D eigenvalue weighted by Crippen LogP contribution is 2.29. The predicted molar refractivity (Wildman–Crippen MR) is 74.5 cm³/mol. The Kier molecular flexibility index (Phi) is 3.87. The lowest BCUT2D eigenvalue weighted by Gasteiger charge is -2.22. The van der Waals surface area contributed by atoms with Gasteiger partial charge in [0.1, 0.15) is 6.33 Å². The maximum absolute atomic E-state index is 14.5. The summed E-state index contributed by atoms with van der Waals surface area (Å²) in [5.41, 5.74) is 1.30. The zero-order chi connectivity index (χ0) is 13.8. The highest BCUT2D eigenvalue weighted by molar-refractivity contribution is 5.56. The number of nitrogens with zero attached hydrogens (tertiary/aromatic N) is 2. The molecule has 0 radical (unpaired) electrons. The van der Waals surface area contributed by atoms with Crippen molar-refractivity contribution < 1.29 is 9.13 Å².